The lowest BCUT2D eigenvalue weighted by atomic mass is 9.84. The number of thiol groups is 1. The normalized spacial score (nSPS) is 11.8. The third-order valence-electron chi connectivity index (χ3n) is 4.65. The van der Waals surface area contributed by atoms with E-state index in [1.807, 2.05) is 78.9 Å². The van der Waals surface area contributed by atoms with Crippen LogP contribution in [0.4, 0.5) is 0 Å². The zero-order valence-electron chi connectivity index (χ0n) is 16.0. The van der Waals surface area contributed by atoms with E-state index in [1.165, 1.54) is 11.8 Å². The van der Waals surface area contributed by atoms with Crippen LogP contribution in [0.15, 0.2) is 118 Å². The molecule has 5 rings (SSSR count). The molecule has 0 heterocycles. The van der Waals surface area contributed by atoms with Gasteiger partial charge in [0.2, 0.25) is 0 Å². The van der Waals surface area contributed by atoms with Crippen molar-refractivity contribution < 1.29 is 9.59 Å². The first-order valence-corrected chi connectivity index (χ1v) is 10.7. The van der Waals surface area contributed by atoms with Crippen LogP contribution in [0.3, 0.4) is 0 Å². The summed E-state index contributed by atoms with van der Waals surface area (Å²) in [4.78, 5) is 28.2. The zero-order valence-corrected chi connectivity index (χ0v) is 17.7. The molecule has 0 fully saturated rings. The van der Waals surface area contributed by atoms with Gasteiger partial charge >= 0.3 is 0 Å². The first-order valence-electron chi connectivity index (χ1n) is 9.44. The van der Waals surface area contributed by atoms with Gasteiger partial charge in [0.05, 0.1) is 0 Å². The number of carbonyl (C=O) groups is 2. The molecule has 0 saturated carbocycles. The molecule has 0 aliphatic heterocycles. The van der Waals surface area contributed by atoms with Gasteiger partial charge in [-0.25, -0.2) is 0 Å². The standard InChI is InChI=1S/C20H12O2S2.C6H6/c21-19-13-8-4-10-15(23)17(13)20(22)18-14(19)9-5-11-16(18)24-12-6-2-1-3-7-12;1-2-4-6-5-3-1/h1-11,23H;1-6H. The van der Waals surface area contributed by atoms with Crippen molar-refractivity contribution in [1.82, 2.24) is 0 Å². The third-order valence-corrected chi connectivity index (χ3v) is 6.09. The van der Waals surface area contributed by atoms with E-state index in [4.69, 9.17) is 0 Å². The van der Waals surface area contributed by atoms with Crippen molar-refractivity contribution in [1.29, 1.82) is 0 Å². The van der Waals surface area contributed by atoms with Crippen molar-refractivity contribution in [2.45, 2.75) is 14.7 Å². The van der Waals surface area contributed by atoms with Crippen molar-refractivity contribution in [3.05, 3.63) is 125 Å². The lowest BCUT2D eigenvalue weighted by Gasteiger charge is -2.21. The van der Waals surface area contributed by atoms with E-state index >= 15 is 0 Å². The molecule has 1 aliphatic carbocycles. The molecule has 0 radical (unpaired) electrons. The minimum absolute atomic E-state index is 0.119. The summed E-state index contributed by atoms with van der Waals surface area (Å²) in [6.45, 7) is 0. The largest absolute Gasteiger partial charge is 0.289 e. The minimum atomic E-state index is -0.135. The summed E-state index contributed by atoms with van der Waals surface area (Å²) < 4.78 is 0. The molecule has 4 aromatic rings. The van der Waals surface area contributed by atoms with Crippen LogP contribution >= 0.6 is 24.4 Å². The highest BCUT2D eigenvalue weighted by atomic mass is 32.2. The average Bonchev–Trinajstić information content (AvgIpc) is 2.79. The summed E-state index contributed by atoms with van der Waals surface area (Å²) in [7, 11) is 0. The molecule has 4 heteroatoms. The van der Waals surface area contributed by atoms with Crippen LogP contribution in [0.1, 0.15) is 31.8 Å². The van der Waals surface area contributed by atoms with Gasteiger partial charge in [-0.15, -0.1) is 12.6 Å². The molecule has 1 aliphatic rings. The summed E-state index contributed by atoms with van der Waals surface area (Å²) in [5.41, 5.74) is 1.78. The number of ketones is 2. The quantitative estimate of drug-likeness (QED) is 0.323. The van der Waals surface area contributed by atoms with Crippen molar-refractivity contribution >= 4 is 36.0 Å². The predicted octanol–water partition coefficient (Wildman–Crippen LogP) is 6.59. The predicted molar refractivity (Wildman–Crippen MR) is 124 cm³/mol. The Balaban J connectivity index is 0.000000313. The third kappa shape index (κ3) is 4.11. The summed E-state index contributed by atoms with van der Waals surface area (Å²) in [5, 5.41) is 0. The minimum Gasteiger partial charge on any atom is -0.289 e. The first-order chi connectivity index (χ1) is 14.7. The lowest BCUT2D eigenvalue weighted by molar-refractivity contribution is 0.0974. The smallest absolute Gasteiger partial charge is 0.196 e. The Labute approximate surface area is 185 Å². The van der Waals surface area contributed by atoms with E-state index < -0.39 is 0 Å². The fourth-order valence-corrected chi connectivity index (χ4v) is 4.58. The van der Waals surface area contributed by atoms with Crippen LogP contribution in [-0.4, -0.2) is 11.6 Å². The van der Waals surface area contributed by atoms with Gasteiger partial charge in [0.1, 0.15) is 0 Å². The zero-order chi connectivity index (χ0) is 20.9. The van der Waals surface area contributed by atoms with Gasteiger partial charge in [0.25, 0.3) is 0 Å². The summed E-state index contributed by atoms with van der Waals surface area (Å²) >= 11 is 5.87. The molecule has 0 spiro atoms. The van der Waals surface area contributed by atoms with Gasteiger partial charge in [-0.05, 0) is 24.3 Å². The van der Waals surface area contributed by atoms with Crippen LogP contribution in [0.2, 0.25) is 0 Å². The molecule has 0 N–H and O–H groups in total. The summed E-state index contributed by atoms with van der Waals surface area (Å²) in [5.74, 6) is -0.254. The van der Waals surface area contributed by atoms with Crippen LogP contribution in [0.25, 0.3) is 0 Å². The van der Waals surface area contributed by atoms with E-state index in [9.17, 15) is 9.59 Å². The lowest BCUT2D eigenvalue weighted by Crippen LogP contribution is -2.22. The maximum absolute atomic E-state index is 13.1. The molecule has 2 nitrogen and oxygen atoms in total. The van der Waals surface area contributed by atoms with E-state index in [1.54, 1.807) is 24.3 Å². The molecule has 0 unspecified atom stereocenters. The average molecular weight is 427 g/mol. The van der Waals surface area contributed by atoms with Crippen molar-refractivity contribution in [2.75, 3.05) is 0 Å². The molecule has 0 saturated heterocycles. The number of benzene rings is 4. The van der Waals surface area contributed by atoms with Crippen molar-refractivity contribution in [3.8, 4) is 0 Å². The molecule has 0 atom stereocenters. The highest BCUT2D eigenvalue weighted by Crippen LogP contribution is 2.38. The van der Waals surface area contributed by atoms with Crippen molar-refractivity contribution in [2.24, 2.45) is 0 Å². The second kappa shape index (κ2) is 9.16. The van der Waals surface area contributed by atoms with Crippen LogP contribution in [0.5, 0.6) is 0 Å². The second-order valence-electron chi connectivity index (χ2n) is 6.61. The van der Waals surface area contributed by atoms with Crippen molar-refractivity contribution in [3.63, 3.8) is 0 Å². The van der Waals surface area contributed by atoms with Gasteiger partial charge in [-0.2, -0.15) is 0 Å². The topological polar surface area (TPSA) is 34.1 Å². The molecule has 0 aromatic heterocycles. The highest BCUT2D eigenvalue weighted by molar-refractivity contribution is 7.99. The van der Waals surface area contributed by atoms with Crippen LogP contribution < -0.4 is 0 Å². The second-order valence-corrected chi connectivity index (χ2v) is 8.20. The number of hydrogen-bond donors (Lipinski definition) is 1. The molecule has 0 bridgehead atoms. The van der Waals surface area contributed by atoms with Crippen LogP contribution in [-0.2, 0) is 0 Å². The van der Waals surface area contributed by atoms with E-state index in [0.717, 1.165) is 9.79 Å². The molecular formula is C26H18O2S2. The van der Waals surface area contributed by atoms with Gasteiger partial charge in [-0.1, -0.05) is 90.6 Å². The maximum Gasteiger partial charge on any atom is 0.196 e. The Morgan fingerprint density at radius 2 is 1.07 bits per heavy atom. The van der Waals surface area contributed by atoms with Gasteiger partial charge in [0.15, 0.2) is 11.6 Å². The Morgan fingerprint density at radius 1 is 0.533 bits per heavy atom. The fourth-order valence-electron chi connectivity index (χ4n) is 3.28. The molecule has 4 aromatic carbocycles. The van der Waals surface area contributed by atoms with E-state index in [0.29, 0.717) is 27.1 Å². The monoisotopic (exact) mass is 426 g/mol. The molecule has 0 amide bonds. The van der Waals surface area contributed by atoms with Gasteiger partial charge < -0.3 is 0 Å². The number of hydrogen-bond acceptors (Lipinski definition) is 4. The number of fused-ring (bicyclic) bond motifs is 2. The van der Waals surface area contributed by atoms with E-state index in [-0.39, 0.29) is 11.6 Å². The molecular weight excluding hydrogens is 408 g/mol. The van der Waals surface area contributed by atoms with Crippen LogP contribution in [0, 0.1) is 0 Å². The van der Waals surface area contributed by atoms with Gasteiger partial charge in [-0.3, -0.25) is 9.59 Å². The Morgan fingerprint density at radius 3 is 1.70 bits per heavy atom. The first kappa shape index (κ1) is 20.2. The number of rotatable bonds is 2. The fraction of sp³-hybridized carbons (Fsp3) is 0. The van der Waals surface area contributed by atoms with Gasteiger partial charge in [0, 0.05) is 36.9 Å². The molecule has 146 valence electrons. The Hall–Kier alpha value is -3.08. The van der Waals surface area contributed by atoms with E-state index in [2.05, 4.69) is 12.6 Å². The Bertz CT molecular complexity index is 1180. The highest BCUT2D eigenvalue weighted by Gasteiger charge is 2.32. The SMILES string of the molecule is O=C1c2cccc(S)c2C(=O)c2c(Sc3ccccc3)cccc21.c1ccccc1. The molecule has 30 heavy (non-hydrogen) atoms. The summed E-state index contributed by atoms with van der Waals surface area (Å²) in [6.07, 6.45) is 0. The Kier molecular flexibility index (Phi) is 6.17. The number of carbonyl (C=O) groups excluding carboxylic acids is 2. The summed E-state index contributed by atoms with van der Waals surface area (Å²) in [6, 6.07) is 32.4. The maximum atomic E-state index is 13.1.